The predicted molar refractivity (Wildman–Crippen MR) is 87.9 cm³/mol. The highest BCUT2D eigenvalue weighted by molar-refractivity contribution is 6.38. The quantitative estimate of drug-likeness (QED) is 0.620. The van der Waals surface area contributed by atoms with Crippen LogP contribution in [0.3, 0.4) is 0 Å². The van der Waals surface area contributed by atoms with Crippen LogP contribution in [0.5, 0.6) is 0 Å². The molecule has 108 valence electrons. The monoisotopic (exact) mass is 320 g/mol. The first-order valence-corrected chi connectivity index (χ1v) is 7.12. The Labute approximate surface area is 133 Å². The van der Waals surface area contributed by atoms with Gasteiger partial charge in [0, 0.05) is 15.6 Å². The second-order valence-electron chi connectivity index (χ2n) is 4.82. The van der Waals surface area contributed by atoms with E-state index in [1.165, 1.54) is 6.08 Å². The van der Waals surface area contributed by atoms with Crippen molar-refractivity contribution in [3.63, 3.8) is 0 Å². The summed E-state index contributed by atoms with van der Waals surface area (Å²) in [4.78, 5) is 11.6. The van der Waals surface area contributed by atoms with Crippen LogP contribution >= 0.6 is 23.2 Å². The summed E-state index contributed by atoms with van der Waals surface area (Å²) in [5.41, 5.74) is 3.23. The Bertz CT molecular complexity index is 713. The Morgan fingerprint density at radius 3 is 2.29 bits per heavy atom. The molecule has 0 saturated heterocycles. The first-order valence-electron chi connectivity index (χ1n) is 6.37. The Morgan fingerprint density at radius 2 is 1.71 bits per heavy atom. The Hall–Kier alpha value is -1.77. The van der Waals surface area contributed by atoms with E-state index in [0.717, 1.165) is 11.1 Å². The Balaban J connectivity index is 2.67. The highest BCUT2D eigenvalue weighted by Crippen LogP contribution is 2.30. The molecule has 2 rings (SSSR count). The zero-order valence-corrected chi connectivity index (χ0v) is 13.2. The molecule has 0 aromatic heterocycles. The van der Waals surface area contributed by atoms with Gasteiger partial charge >= 0.3 is 5.97 Å². The lowest BCUT2D eigenvalue weighted by Crippen LogP contribution is -2.02. The van der Waals surface area contributed by atoms with Crippen LogP contribution in [0.25, 0.3) is 11.6 Å². The second kappa shape index (κ2) is 6.33. The standard InChI is InChI=1S/C17H14Cl2O2/c1-10-6-7-11(2)12(8-10)13(17(20)21)9-14-15(18)4-3-5-16(14)19/h3-9H,1-2H3,(H,20,21)/b13-9-. The highest BCUT2D eigenvalue weighted by Gasteiger charge is 2.15. The fourth-order valence-electron chi connectivity index (χ4n) is 2.07. The van der Waals surface area contributed by atoms with Gasteiger partial charge in [-0.25, -0.2) is 4.79 Å². The van der Waals surface area contributed by atoms with Crippen molar-refractivity contribution in [2.24, 2.45) is 0 Å². The molecule has 2 aromatic rings. The third-order valence-electron chi connectivity index (χ3n) is 3.20. The lowest BCUT2D eigenvalue weighted by molar-refractivity contribution is -0.130. The molecule has 0 bridgehead atoms. The molecule has 0 fully saturated rings. The van der Waals surface area contributed by atoms with Crippen molar-refractivity contribution >= 4 is 40.8 Å². The van der Waals surface area contributed by atoms with E-state index in [0.29, 0.717) is 21.2 Å². The van der Waals surface area contributed by atoms with E-state index >= 15 is 0 Å². The molecule has 2 aromatic carbocycles. The molecular weight excluding hydrogens is 307 g/mol. The lowest BCUT2D eigenvalue weighted by atomic mass is 9.96. The molecule has 0 radical (unpaired) electrons. The van der Waals surface area contributed by atoms with Crippen molar-refractivity contribution < 1.29 is 9.90 Å². The number of hydrogen-bond acceptors (Lipinski definition) is 1. The van der Waals surface area contributed by atoms with Crippen molar-refractivity contribution in [3.05, 3.63) is 68.7 Å². The van der Waals surface area contributed by atoms with E-state index in [1.807, 2.05) is 32.0 Å². The number of carbonyl (C=O) groups is 1. The van der Waals surface area contributed by atoms with E-state index in [-0.39, 0.29) is 5.57 Å². The molecule has 0 aliphatic carbocycles. The molecule has 0 amide bonds. The van der Waals surface area contributed by atoms with Gasteiger partial charge in [-0.05, 0) is 43.2 Å². The van der Waals surface area contributed by atoms with Crippen molar-refractivity contribution in [3.8, 4) is 0 Å². The Morgan fingerprint density at radius 1 is 1.10 bits per heavy atom. The van der Waals surface area contributed by atoms with Gasteiger partial charge in [-0.3, -0.25) is 0 Å². The number of carboxylic acids is 1. The maximum absolute atomic E-state index is 11.6. The molecule has 0 aliphatic heterocycles. The molecule has 2 nitrogen and oxygen atoms in total. The predicted octanol–water partition coefficient (Wildman–Crippen LogP) is 5.24. The van der Waals surface area contributed by atoms with Gasteiger partial charge in [-0.1, -0.05) is 53.0 Å². The molecular formula is C17H14Cl2O2. The van der Waals surface area contributed by atoms with Crippen LogP contribution in [-0.4, -0.2) is 11.1 Å². The number of benzene rings is 2. The van der Waals surface area contributed by atoms with Crippen LogP contribution in [0.1, 0.15) is 22.3 Å². The number of rotatable bonds is 3. The second-order valence-corrected chi connectivity index (χ2v) is 5.63. The average Bonchev–Trinajstić information content (AvgIpc) is 2.41. The SMILES string of the molecule is Cc1ccc(C)c(/C(=C/c2c(Cl)cccc2Cl)C(=O)O)c1. The Kier molecular flexibility index (Phi) is 4.71. The van der Waals surface area contributed by atoms with Gasteiger partial charge in [-0.15, -0.1) is 0 Å². The normalized spacial score (nSPS) is 11.5. The maximum Gasteiger partial charge on any atom is 0.336 e. The van der Waals surface area contributed by atoms with Crippen molar-refractivity contribution in [1.82, 2.24) is 0 Å². The van der Waals surface area contributed by atoms with Gasteiger partial charge in [0.25, 0.3) is 0 Å². The van der Waals surface area contributed by atoms with E-state index in [4.69, 9.17) is 23.2 Å². The summed E-state index contributed by atoms with van der Waals surface area (Å²) < 4.78 is 0. The van der Waals surface area contributed by atoms with Crippen LogP contribution in [0.2, 0.25) is 10.0 Å². The smallest absolute Gasteiger partial charge is 0.336 e. The van der Waals surface area contributed by atoms with Gasteiger partial charge in [0.1, 0.15) is 0 Å². The molecule has 4 heteroatoms. The van der Waals surface area contributed by atoms with Crippen LogP contribution < -0.4 is 0 Å². The van der Waals surface area contributed by atoms with Gasteiger partial charge < -0.3 is 5.11 Å². The highest BCUT2D eigenvalue weighted by atomic mass is 35.5. The molecule has 0 saturated carbocycles. The van der Waals surface area contributed by atoms with Gasteiger partial charge in [-0.2, -0.15) is 0 Å². The van der Waals surface area contributed by atoms with E-state index in [9.17, 15) is 9.90 Å². The topological polar surface area (TPSA) is 37.3 Å². The minimum Gasteiger partial charge on any atom is -0.478 e. The summed E-state index contributed by atoms with van der Waals surface area (Å²) >= 11 is 12.2. The number of hydrogen-bond donors (Lipinski definition) is 1. The molecule has 0 heterocycles. The zero-order valence-electron chi connectivity index (χ0n) is 11.7. The van der Waals surface area contributed by atoms with Crippen LogP contribution in [0.4, 0.5) is 0 Å². The van der Waals surface area contributed by atoms with Crippen molar-refractivity contribution in [2.45, 2.75) is 13.8 Å². The molecule has 0 spiro atoms. The zero-order chi connectivity index (χ0) is 15.6. The minimum absolute atomic E-state index is 0.172. The number of halogens is 2. The lowest BCUT2D eigenvalue weighted by Gasteiger charge is -2.10. The minimum atomic E-state index is -1.01. The summed E-state index contributed by atoms with van der Waals surface area (Å²) in [6.07, 6.45) is 1.52. The van der Waals surface area contributed by atoms with Crippen molar-refractivity contribution in [2.75, 3.05) is 0 Å². The molecule has 0 aliphatic rings. The first-order chi connectivity index (χ1) is 9.90. The summed E-state index contributed by atoms with van der Waals surface area (Å²) in [6, 6.07) is 10.8. The van der Waals surface area contributed by atoms with Crippen LogP contribution in [0, 0.1) is 13.8 Å². The van der Waals surface area contributed by atoms with E-state index in [2.05, 4.69) is 0 Å². The van der Waals surface area contributed by atoms with Gasteiger partial charge in [0.05, 0.1) is 5.57 Å². The average molecular weight is 321 g/mol. The van der Waals surface area contributed by atoms with E-state index < -0.39 is 5.97 Å². The van der Waals surface area contributed by atoms with Crippen molar-refractivity contribution in [1.29, 1.82) is 0 Å². The third-order valence-corrected chi connectivity index (χ3v) is 3.86. The maximum atomic E-state index is 11.6. The van der Waals surface area contributed by atoms with Gasteiger partial charge in [0.15, 0.2) is 0 Å². The van der Waals surface area contributed by atoms with E-state index in [1.54, 1.807) is 18.2 Å². The molecule has 1 N–H and O–H groups in total. The largest absolute Gasteiger partial charge is 0.478 e. The summed E-state index contributed by atoms with van der Waals surface area (Å²) in [6.45, 7) is 3.80. The van der Waals surface area contributed by atoms with Gasteiger partial charge in [0.2, 0.25) is 0 Å². The van der Waals surface area contributed by atoms with Crippen LogP contribution in [-0.2, 0) is 4.79 Å². The number of aryl methyl sites for hydroxylation is 2. The summed E-state index contributed by atoms with van der Waals surface area (Å²) in [5.74, 6) is -1.01. The molecule has 0 unspecified atom stereocenters. The molecule has 21 heavy (non-hydrogen) atoms. The fraction of sp³-hybridized carbons (Fsp3) is 0.118. The van der Waals surface area contributed by atoms with Crippen LogP contribution in [0.15, 0.2) is 36.4 Å². The first kappa shape index (κ1) is 15.6. The fourth-order valence-corrected chi connectivity index (χ4v) is 2.58. The number of carboxylic acid groups (broad SMARTS) is 1. The molecule has 0 atom stereocenters. The summed E-state index contributed by atoms with van der Waals surface area (Å²) in [7, 11) is 0. The summed E-state index contributed by atoms with van der Waals surface area (Å²) in [5, 5.41) is 10.4. The third kappa shape index (κ3) is 3.46. The number of aliphatic carboxylic acids is 1.